The molecule has 9 heteroatoms. The third kappa shape index (κ3) is 4.50. The fraction of sp³-hybridized carbons (Fsp3) is 0.522. The van der Waals surface area contributed by atoms with Gasteiger partial charge in [0.05, 0.1) is 24.5 Å². The van der Waals surface area contributed by atoms with Gasteiger partial charge >= 0.3 is 0 Å². The van der Waals surface area contributed by atoms with E-state index in [4.69, 9.17) is 9.98 Å². The minimum absolute atomic E-state index is 0.299. The van der Waals surface area contributed by atoms with E-state index in [1.54, 1.807) is 0 Å². The molecule has 4 aliphatic heterocycles. The number of hydrogen-bond acceptors (Lipinski definition) is 9. The van der Waals surface area contributed by atoms with Crippen LogP contribution in [-0.4, -0.2) is 79.7 Å². The molecular formula is C23H29N9. The van der Waals surface area contributed by atoms with E-state index in [1.807, 2.05) is 30.6 Å². The van der Waals surface area contributed by atoms with Gasteiger partial charge in [0.15, 0.2) is 0 Å². The summed E-state index contributed by atoms with van der Waals surface area (Å²) in [5, 5.41) is 16.4. The molecule has 4 aliphatic rings. The van der Waals surface area contributed by atoms with Crippen molar-refractivity contribution in [1.82, 2.24) is 15.2 Å². The van der Waals surface area contributed by atoms with Crippen molar-refractivity contribution in [3.63, 3.8) is 0 Å². The van der Waals surface area contributed by atoms with Crippen molar-refractivity contribution in [3.8, 4) is 6.07 Å². The van der Waals surface area contributed by atoms with Crippen LogP contribution in [0.1, 0.15) is 19.3 Å². The Morgan fingerprint density at radius 3 is 2.69 bits per heavy atom. The number of nitrogens with zero attached hydrogens (tertiary/aromatic N) is 7. The van der Waals surface area contributed by atoms with E-state index >= 15 is 0 Å². The molecule has 0 aromatic carbocycles. The number of pyridine rings is 1. The van der Waals surface area contributed by atoms with Crippen LogP contribution in [0.25, 0.3) is 0 Å². The molecule has 9 nitrogen and oxygen atoms in total. The first-order valence-electron chi connectivity index (χ1n) is 11.5. The molecule has 1 aromatic heterocycles. The van der Waals surface area contributed by atoms with Crippen LogP contribution in [-0.2, 0) is 0 Å². The van der Waals surface area contributed by atoms with Crippen LogP contribution < -0.4 is 15.5 Å². The van der Waals surface area contributed by atoms with Crippen LogP contribution in [0.15, 0.2) is 45.0 Å². The van der Waals surface area contributed by atoms with E-state index in [0.717, 1.165) is 67.9 Å². The average molecular weight is 432 g/mol. The van der Waals surface area contributed by atoms with Crippen molar-refractivity contribution in [2.75, 3.05) is 56.0 Å². The van der Waals surface area contributed by atoms with Crippen LogP contribution in [0.3, 0.4) is 0 Å². The number of aliphatic imine (C=N–C) groups is 3. The Bertz CT molecular complexity index is 974. The number of anilines is 2. The SMILES string of the molecule is N#CC1C=C(C2=NC(Nc3ccc(N4CCNCC4)nc3)N=CC2)CN=C1N1CCCC1. The van der Waals surface area contributed by atoms with Crippen molar-refractivity contribution in [2.45, 2.75) is 25.6 Å². The molecule has 0 saturated carbocycles. The number of rotatable bonds is 4. The van der Waals surface area contributed by atoms with Crippen LogP contribution in [0.5, 0.6) is 0 Å². The van der Waals surface area contributed by atoms with Gasteiger partial charge in [0.25, 0.3) is 0 Å². The molecule has 5 rings (SSSR count). The molecule has 0 aliphatic carbocycles. The van der Waals surface area contributed by atoms with Gasteiger partial charge in [-0.05, 0) is 30.5 Å². The summed E-state index contributed by atoms with van der Waals surface area (Å²) in [6.07, 6.45) is 8.40. The third-order valence-electron chi connectivity index (χ3n) is 6.29. The molecule has 166 valence electrons. The number of hydrogen-bond donors (Lipinski definition) is 2. The van der Waals surface area contributed by atoms with E-state index in [9.17, 15) is 5.26 Å². The Labute approximate surface area is 188 Å². The molecule has 0 spiro atoms. The molecule has 0 radical (unpaired) electrons. The van der Waals surface area contributed by atoms with E-state index in [2.05, 4.69) is 36.5 Å². The maximum Gasteiger partial charge on any atom is 0.213 e. The second-order valence-electron chi connectivity index (χ2n) is 8.44. The Hall–Kier alpha value is -3.25. The maximum atomic E-state index is 9.71. The lowest BCUT2D eigenvalue weighted by Crippen LogP contribution is -2.43. The van der Waals surface area contributed by atoms with Gasteiger partial charge in [0, 0.05) is 57.6 Å². The molecule has 5 heterocycles. The highest BCUT2D eigenvalue weighted by Crippen LogP contribution is 2.23. The van der Waals surface area contributed by atoms with Crippen LogP contribution >= 0.6 is 0 Å². The summed E-state index contributed by atoms with van der Waals surface area (Å²) in [5.74, 6) is 1.62. The minimum atomic E-state index is -0.393. The number of likely N-dealkylation sites (tertiary alicyclic amines) is 1. The summed E-state index contributed by atoms with van der Waals surface area (Å²) in [6.45, 7) is 6.50. The third-order valence-corrected chi connectivity index (χ3v) is 6.29. The predicted octanol–water partition coefficient (Wildman–Crippen LogP) is 1.68. The molecule has 2 atom stereocenters. The lowest BCUT2D eigenvalue weighted by molar-refractivity contribution is 0.498. The standard InChI is InChI=1S/C23H29N9/c24-14-17-13-18(15-28-22(17)32-9-1-2-10-32)20-5-6-26-23(30-20)29-19-3-4-21(27-16-19)31-11-7-25-8-12-31/h3-4,6,13,16-17,23,25,29H,1-2,5,7-12,15H2. The molecule has 0 bridgehead atoms. The summed E-state index contributed by atoms with van der Waals surface area (Å²) in [4.78, 5) is 23.2. The quantitative estimate of drug-likeness (QED) is 0.752. The number of dihydropyridines is 1. The van der Waals surface area contributed by atoms with Gasteiger partial charge in [0.1, 0.15) is 17.6 Å². The zero-order chi connectivity index (χ0) is 21.8. The second-order valence-corrected chi connectivity index (χ2v) is 8.44. The number of aromatic nitrogens is 1. The van der Waals surface area contributed by atoms with Crippen LogP contribution in [0.2, 0.25) is 0 Å². The summed E-state index contributed by atoms with van der Waals surface area (Å²) >= 11 is 0. The monoisotopic (exact) mass is 431 g/mol. The average Bonchev–Trinajstić information content (AvgIpc) is 3.40. The maximum absolute atomic E-state index is 9.71. The van der Waals surface area contributed by atoms with Gasteiger partial charge in [-0.15, -0.1) is 0 Å². The van der Waals surface area contributed by atoms with Gasteiger partial charge < -0.3 is 20.4 Å². The van der Waals surface area contributed by atoms with Crippen molar-refractivity contribution in [1.29, 1.82) is 5.26 Å². The first-order valence-corrected chi connectivity index (χ1v) is 11.5. The van der Waals surface area contributed by atoms with Crippen LogP contribution in [0.4, 0.5) is 11.5 Å². The Kier molecular flexibility index (Phi) is 6.12. The number of nitrogens with one attached hydrogen (secondary N) is 2. The topological polar surface area (TPSA) is 104 Å². The number of amidine groups is 1. The molecule has 32 heavy (non-hydrogen) atoms. The Morgan fingerprint density at radius 1 is 1.09 bits per heavy atom. The molecule has 0 amide bonds. The molecule has 2 N–H and O–H groups in total. The lowest BCUT2D eigenvalue weighted by Gasteiger charge is -2.28. The van der Waals surface area contributed by atoms with Gasteiger partial charge in [-0.1, -0.05) is 6.08 Å². The predicted molar refractivity (Wildman–Crippen MR) is 128 cm³/mol. The fourth-order valence-corrected chi connectivity index (χ4v) is 4.58. The lowest BCUT2D eigenvalue weighted by atomic mass is 9.97. The summed E-state index contributed by atoms with van der Waals surface area (Å²) in [6, 6.07) is 6.49. The van der Waals surface area contributed by atoms with Crippen molar-refractivity contribution in [3.05, 3.63) is 30.0 Å². The zero-order valence-corrected chi connectivity index (χ0v) is 18.2. The summed E-state index contributed by atoms with van der Waals surface area (Å²) in [7, 11) is 0. The van der Waals surface area contributed by atoms with Gasteiger partial charge in [-0.25, -0.2) is 9.98 Å². The van der Waals surface area contributed by atoms with E-state index in [0.29, 0.717) is 13.0 Å². The number of nitriles is 1. The van der Waals surface area contributed by atoms with Crippen molar-refractivity contribution < 1.29 is 0 Å². The smallest absolute Gasteiger partial charge is 0.213 e. The minimum Gasteiger partial charge on any atom is -0.359 e. The van der Waals surface area contributed by atoms with E-state index < -0.39 is 6.29 Å². The van der Waals surface area contributed by atoms with Gasteiger partial charge in [0.2, 0.25) is 6.29 Å². The van der Waals surface area contributed by atoms with Crippen molar-refractivity contribution in [2.24, 2.45) is 20.9 Å². The highest BCUT2D eigenvalue weighted by atomic mass is 15.2. The summed E-state index contributed by atoms with van der Waals surface area (Å²) in [5.41, 5.74) is 2.87. The first-order chi connectivity index (χ1) is 15.8. The molecule has 2 saturated heterocycles. The first kappa shape index (κ1) is 20.6. The largest absolute Gasteiger partial charge is 0.359 e. The Morgan fingerprint density at radius 2 is 1.94 bits per heavy atom. The fourth-order valence-electron chi connectivity index (χ4n) is 4.58. The van der Waals surface area contributed by atoms with Gasteiger partial charge in [-0.2, -0.15) is 5.26 Å². The summed E-state index contributed by atoms with van der Waals surface area (Å²) < 4.78 is 0. The van der Waals surface area contributed by atoms with Gasteiger partial charge in [-0.3, -0.25) is 9.98 Å². The second kappa shape index (κ2) is 9.49. The highest BCUT2D eigenvalue weighted by Gasteiger charge is 2.27. The van der Waals surface area contributed by atoms with E-state index in [-0.39, 0.29) is 5.92 Å². The van der Waals surface area contributed by atoms with E-state index in [1.165, 1.54) is 12.8 Å². The molecule has 2 unspecified atom stereocenters. The molecule has 2 fully saturated rings. The highest BCUT2D eigenvalue weighted by molar-refractivity contribution is 6.09. The zero-order valence-electron chi connectivity index (χ0n) is 18.2. The molecular weight excluding hydrogens is 402 g/mol. The molecule has 1 aromatic rings. The van der Waals surface area contributed by atoms with Crippen molar-refractivity contribution >= 4 is 29.3 Å². The number of piperazine rings is 1. The normalized spacial score (nSPS) is 25.7. The van der Waals surface area contributed by atoms with Crippen LogP contribution in [0, 0.1) is 17.2 Å². The Balaban J connectivity index is 1.24.